The highest BCUT2D eigenvalue weighted by atomic mass is 32.1. The van der Waals surface area contributed by atoms with Crippen molar-refractivity contribution in [2.45, 2.75) is 6.92 Å². The molecule has 2 aromatic rings. The minimum Gasteiger partial charge on any atom is -0.497 e. The van der Waals surface area contributed by atoms with Gasteiger partial charge in [-0.3, -0.25) is 0 Å². The number of hydrogen-bond acceptors (Lipinski definition) is 7. The molecule has 1 N–H and O–H groups in total. The number of carbonyl (C=O) groups excluding carboxylic acids is 1. The van der Waals surface area contributed by atoms with Crippen LogP contribution in [-0.4, -0.2) is 29.3 Å². The van der Waals surface area contributed by atoms with Gasteiger partial charge in [-0.05, 0) is 19.1 Å². The molecule has 0 bridgehead atoms. The number of benzene rings is 1. The Labute approximate surface area is 114 Å². The standard InChI is InChI=1S/C12H13N3O3S/c1-3-18-12(16)10-11(19-15-14-10)13-8-5-4-6-9(7-8)17-2/h4-7,13H,3H2,1-2H3. The summed E-state index contributed by atoms with van der Waals surface area (Å²) in [6.07, 6.45) is 0. The summed E-state index contributed by atoms with van der Waals surface area (Å²) in [4.78, 5) is 11.7. The van der Waals surface area contributed by atoms with Crippen LogP contribution in [0, 0.1) is 0 Å². The van der Waals surface area contributed by atoms with Crippen molar-refractivity contribution in [1.82, 2.24) is 9.59 Å². The Hall–Kier alpha value is -2.15. The van der Waals surface area contributed by atoms with E-state index in [1.165, 1.54) is 0 Å². The van der Waals surface area contributed by atoms with Gasteiger partial charge in [0.05, 0.1) is 13.7 Å². The zero-order valence-electron chi connectivity index (χ0n) is 10.5. The van der Waals surface area contributed by atoms with Gasteiger partial charge in [0.1, 0.15) is 10.8 Å². The number of nitrogens with one attached hydrogen (secondary N) is 1. The van der Waals surface area contributed by atoms with Gasteiger partial charge in [-0.25, -0.2) is 4.79 Å². The SMILES string of the molecule is CCOC(=O)c1nnsc1Nc1cccc(OC)c1. The van der Waals surface area contributed by atoms with Crippen molar-refractivity contribution in [3.05, 3.63) is 30.0 Å². The molecule has 0 atom stereocenters. The molecule has 0 aliphatic rings. The molecule has 6 nitrogen and oxygen atoms in total. The number of methoxy groups -OCH3 is 1. The molecular formula is C12H13N3O3S. The molecule has 0 amide bonds. The Morgan fingerprint density at radius 3 is 3.05 bits per heavy atom. The first-order valence-electron chi connectivity index (χ1n) is 5.65. The fourth-order valence-corrected chi connectivity index (χ4v) is 2.02. The Kier molecular flexibility index (Phi) is 4.30. The van der Waals surface area contributed by atoms with Gasteiger partial charge in [0.2, 0.25) is 5.69 Å². The zero-order chi connectivity index (χ0) is 13.7. The van der Waals surface area contributed by atoms with Crippen molar-refractivity contribution in [3.8, 4) is 5.75 Å². The molecule has 0 fully saturated rings. The Morgan fingerprint density at radius 1 is 1.47 bits per heavy atom. The van der Waals surface area contributed by atoms with E-state index in [0.717, 1.165) is 23.0 Å². The van der Waals surface area contributed by atoms with E-state index in [0.29, 0.717) is 11.6 Å². The van der Waals surface area contributed by atoms with Gasteiger partial charge in [0.15, 0.2) is 0 Å². The van der Waals surface area contributed by atoms with Crippen LogP contribution >= 0.6 is 11.5 Å². The monoisotopic (exact) mass is 279 g/mol. The van der Waals surface area contributed by atoms with Crippen LogP contribution in [-0.2, 0) is 4.74 Å². The van der Waals surface area contributed by atoms with Crippen LogP contribution in [0.4, 0.5) is 10.7 Å². The predicted molar refractivity (Wildman–Crippen MR) is 72.1 cm³/mol. The van der Waals surface area contributed by atoms with Gasteiger partial charge in [-0.1, -0.05) is 10.6 Å². The first-order valence-corrected chi connectivity index (χ1v) is 6.42. The minimum atomic E-state index is -0.485. The number of anilines is 2. The Morgan fingerprint density at radius 2 is 2.32 bits per heavy atom. The molecular weight excluding hydrogens is 266 g/mol. The minimum absolute atomic E-state index is 0.190. The fourth-order valence-electron chi connectivity index (χ4n) is 1.44. The van der Waals surface area contributed by atoms with E-state index in [-0.39, 0.29) is 5.69 Å². The number of ether oxygens (including phenoxy) is 2. The highest BCUT2D eigenvalue weighted by molar-refractivity contribution is 7.10. The highest BCUT2D eigenvalue weighted by Gasteiger charge is 2.17. The summed E-state index contributed by atoms with van der Waals surface area (Å²) in [6, 6.07) is 7.36. The summed E-state index contributed by atoms with van der Waals surface area (Å²) in [6.45, 7) is 2.04. The second kappa shape index (κ2) is 6.14. The zero-order valence-corrected chi connectivity index (χ0v) is 11.4. The summed E-state index contributed by atoms with van der Waals surface area (Å²) >= 11 is 1.10. The number of carbonyl (C=O) groups is 1. The fraction of sp³-hybridized carbons (Fsp3) is 0.250. The molecule has 7 heteroatoms. The third kappa shape index (κ3) is 3.19. The van der Waals surface area contributed by atoms with E-state index in [4.69, 9.17) is 9.47 Å². The predicted octanol–water partition coefficient (Wildman–Crippen LogP) is 2.47. The normalized spacial score (nSPS) is 10.0. The lowest BCUT2D eigenvalue weighted by atomic mass is 10.3. The number of esters is 1. The molecule has 1 heterocycles. The number of aromatic nitrogens is 2. The van der Waals surface area contributed by atoms with E-state index in [1.54, 1.807) is 14.0 Å². The first kappa shape index (κ1) is 13.3. The Balaban J connectivity index is 2.19. The molecule has 0 aliphatic carbocycles. The molecule has 100 valence electrons. The number of nitrogens with zero attached hydrogens (tertiary/aromatic N) is 2. The van der Waals surface area contributed by atoms with E-state index in [9.17, 15) is 4.79 Å². The van der Waals surface area contributed by atoms with Crippen molar-refractivity contribution in [1.29, 1.82) is 0 Å². The van der Waals surface area contributed by atoms with Crippen molar-refractivity contribution < 1.29 is 14.3 Å². The molecule has 0 unspecified atom stereocenters. The van der Waals surface area contributed by atoms with E-state index in [1.807, 2.05) is 24.3 Å². The summed E-state index contributed by atoms with van der Waals surface area (Å²) < 4.78 is 13.8. The lowest BCUT2D eigenvalue weighted by molar-refractivity contribution is 0.0520. The average molecular weight is 279 g/mol. The van der Waals surface area contributed by atoms with Crippen molar-refractivity contribution in [2.24, 2.45) is 0 Å². The van der Waals surface area contributed by atoms with Crippen LogP contribution in [0.5, 0.6) is 5.75 Å². The van der Waals surface area contributed by atoms with Crippen LogP contribution in [0.1, 0.15) is 17.4 Å². The van der Waals surface area contributed by atoms with Gasteiger partial charge in [-0.15, -0.1) is 5.10 Å². The van der Waals surface area contributed by atoms with Gasteiger partial charge in [0.25, 0.3) is 0 Å². The summed E-state index contributed by atoms with van der Waals surface area (Å²) in [5, 5.41) is 7.40. The Bertz CT molecular complexity index is 571. The number of hydrogen-bond donors (Lipinski definition) is 1. The maximum atomic E-state index is 11.7. The first-order chi connectivity index (χ1) is 9.24. The lowest BCUT2D eigenvalue weighted by Gasteiger charge is -2.06. The second-order valence-electron chi connectivity index (χ2n) is 3.53. The third-order valence-corrected chi connectivity index (χ3v) is 2.93. The molecule has 0 spiro atoms. The van der Waals surface area contributed by atoms with E-state index in [2.05, 4.69) is 14.9 Å². The van der Waals surface area contributed by atoms with E-state index >= 15 is 0 Å². The van der Waals surface area contributed by atoms with Crippen molar-refractivity contribution in [2.75, 3.05) is 19.0 Å². The maximum absolute atomic E-state index is 11.7. The van der Waals surface area contributed by atoms with Gasteiger partial charge >= 0.3 is 5.97 Å². The van der Waals surface area contributed by atoms with Crippen LogP contribution in [0.2, 0.25) is 0 Å². The van der Waals surface area contributed by atoms with E-state index < -0.39 is 5.97 Å². The summed E-state index contributed by atoms with van der Waals surface area (Å²) in [5.74, 6) is 0.238. The van der Waals surface area contributed by atoms with Crippen LogP contribution < -0.4 is 10.1 Å². The highest BCUT2D eigenvalue weighted by Crippen LogP contribution is 2.25. The molecule has 0 saturated heterocycles. The van der Waals surface area contributed by atoms with Crippen LogP contribution in [0.25, 0.3) is 0 Å². The summed E-state index contributed by atoms with van der Waals surface area (Å²) in [7, 11) is 1.59. The molecule has 0 radical (unpaired) electrons. The van der Waals surface area contributed by atoms with Gasteiger partial charge in [-0.2, -0.15) is 0 Å². The average Bonchev–Trinajstić information content (AvgIpc) is 2.87. The van der Waals surface area contributed by atoms with Crippen molar-refractivity contribution in [3.63, 3.8) is 0 Å². The van der Waals surface area contributed by atoms with Crippen LogP contribution in [0.15, 0.2) is 24.3 Å². The third-order valence-electron chi connectivity index (χ3n) is 2.28. The van der Waals surface area contributed by atoms with Gasteiger partial charge in [0, 0.05) is 23.3 Å². The molecule has 19 heavy (non-hydrogen) atoms. The maximum Gasteiger partial charge on any atom is 0.362 e. The lowest BCUT2D eigenvalue weighted by Crippen LogP contribution is -2.07. The summed E-state index contributed by atoms with van der Waals surface area (Å²) in [5.41, 5.74) is 0.977. The molecule has 0 saturated carbocycles. The molecule has 0 aliphatic heterocycles. The second-order valence-corrected chi connectivity index (χ2v) is 4.28. The quantitative estimate of drug-likeness (QED) is 0.848. The topological polar surface area (TPSA) is 73.3 Å². The molecule has 1 aromatic carbocycles. The van der Waals surface area contributed by atoms with Crippen molar-refractivity contribution >= 4 is 28.2 Å². The number of rotatable bonds is 5. The van der Waals surface area contributed by atoms with Gasteiger partial charge < -0.3 is 14.8 Å². The van der Waals surface area contributed by atoms with Crippen LogP contribution in [0.3, 0.4) is 0 Å². The molecule has 2 rings (SSSR count). The smallest absolute Gasteiger partial charge is 0.362 e. The molecule has 1 aromatic heterocycles. The largest absolute Gasteiger partial charge is 0.497 e.